The van der Waals surface area contributed by atoms with Crippen LogP contribution in [0.25, 0.3) is 0 Å². The van der Waals surface area contributed by atoms with E-state index in [4.69, 9.17) is 0 Å². The Hall–Kier alpha value is -1.42. The van der Waals surface area contributed by atoms with Gasteiger partial charge in [0.2, 0.25) is 5.82 Å². The molecule has 19 heavy (non-hydrogen) atoms. The van der Waals surface area contributed by atoms with Crippen LogP contribution in [-0.4, -0.2) is 14.2 Å². The number of halogens is 5. The third kappa shape index (κ3) is 2.95. The lowest BCUT2D eigenvalue weighted by Gasteiger charge is -2.05. The van der Waals surface area contributed by atoms with E-state index in [9.17, 15) is 26.5 Å². The van der Waals surface area contributed by atoms with Gasteiger partial charge in [0, 0.05) is 19.9 Å². The molecule has 0 N–H and O–H groups in total. The Morgan fingerprint density at radius 1 is 0.842 bits per heavy atom. The quantitative estimate of drug-likeness (QED) is 0.277. The van der Waals surface area contributed by atoms with E-state index in [1.54, 1.807) is 11.6 Å². The first kappa shape index (κ1) is 15.6. The highest BCUT2D eigenvalue weighted by atomic mass is 31.2. The second-order valence-corrected chi connectivity index (χ2v) is 4.99. The van der Waals surface area contributed by atoms with Gasteiger partial charge in [-0.25, -0.2) is 26.5 Å². The summed E-state index contributed by atoms with van der Waals surface area (Å²) in [5.41, 5.74) is 0.281. The van der Waals surface area contributed by atoms with Gasteiger partial charge >= 0.3 is 7.60 Å². The van der Waals surface area contributed by atoms with Gasteiger partial charge in [-0.15, -0.1) is 0 Å². The summed E-state index contributed by atoms with van der Waals surface area (Å²) in [4.78, 5) is 0. The van der Waals surface area contributed by atoms with Gasteiger partial charge in [0.15, 0.2) is 23.3 Å². The molecule has 0 saturated carbocycles. The summed E-state index contributed by atoms with van der Waals surface area (Å²) in [5, 5.41) is 0. The van der Waals surface area contributed by atoms with Crippen molar-refractivity contribution >= 4 is 7.60 Å². The Kier molecular flexibility index (Phi) is 4.69. The Morgan fingerprint density at radius 2 is 1.21 bits per heavy atom. The van der Waals surface area contributed by atoms with Crippen LogP contribution in [0, 0.1) is 40.7 Å². The molecule has 0 saturated heterocycles. The third-order valence-electron chi connectivity index (χ3n) is 2.01. The van der Waals surface area contributed by atoms with E-state index in [0.717, 1.165) is 14.2 Å². The van der Waals surface area contributed by atoms with Gasteiger partial charge in [0.25, 0.3) is 0 Å². The summed E-state index contributed by atoms with van der Waals surface area (Å²) >= 11 is 0. The predicted octanol–water partition coefficient (Wildman–Crippen LogP) is 3.18. The number of hydrogen-bond acceptors (Lipinski definition) is 3. The van der Waals surface area contributed by atoms with Crippen LogP contribution in [0.15, 0.2) is 0 Å². The summed E-state index contributed by atoms with van der Waals surface area (Å²) in [6.07, 6.45) is 0. The Bertz CT molecular complexity index is 583. The van der Waals surface area contributed by atoms with Crippen molar-refractivity contribution in [1.29, 1.82) is 0 Å². The lowest BCUT2D eigenvalue weighted by molar-refractivity contribution is 0.288. The summed E-state index contributed by atoms with van der Waals surface area (Å²) in [6.45, 7) is 0. The molecule has 0 unspecified atom stereocenters. The second-order valence-electron chi connectivity index (χ2n) is 3.04. The van der Waals surface area contributed by atoms with Crippen LogP contribution in [-0.2, 0) is 13.6 Å². The van der Waals surface area contributed by atoms with Crippen molar-refractivity contribution in [3.05, 3.63) is 34.6 Å². The smallest absolute Gasteiger partial charge is 0.303 e. The molecule has 0 aliphatic rings. The summed E-state index contributed by atoms with van der Waals surface area (Å²) < 4.78 is 84.9. The Balaban J connectivity index is 3.47. The maximum atomic E-state index is 13.2. The van der Waals surface area contributed by atoms with Crippen LogP contribution in [0.3, 0.4) is 0 Å². The molecular formula is C10H6F5O3P. The molecule has 1 aromatic carbocycles. The first-order chi connectivity index (χ1) is 8.77. The number of benzene rings is 1. The second kappa shape index (κ2) is 5.70. The van der Waals surface area contributed by atoms with Crippen molar-refractivity contribution < 1.29 is 35.6 Å². The van der Waals surface area contributed by atoms with E-state index in [1.807, 2.05) is 0 Å². The van der Waals surface area contributed by atoms with Gasteiger partial charge in [-0.2, -0.15) is 0 Å². The molecule has 3 nitrogen and oxygen atoms in total. The minimum Gasteiger partial charge on any atom is -0.303 e. The van der Waals surface area contributed by atoms with Crippen LogP contribution >= 0.6 is 7.60 Å². The fraction of sp³-hybridized carbons (Fsp3) is 0.200. The number of rotatable bonds is 2. The Morgan fingerprint density at radius 3 is 1.58 bits per heavy atom. The van der Waals surface area contributed by atoms with Gasteiger partial charge in [0.05, 0.1) is 0 Å². The average Bonchev–Trinajstić information content (AvgIpc) is 2.42. The average molecular weight is 300 g/mol. The molecule has 0 aliphatic heterocycles. The molecule has 0 radical (unpaired) electrons. The standard InChI is InChI=1S/C10H6F5O3P/c1-17-19(16,18-2)4-3-5-6(11)8(13)10(15)9(14)7(5)12/h1-2H3. The molecular weight excluding hydrogens is 294 g/mol. The zero-order chi connectivity index (χ0) is 14.8. The molecule has 0 aliphatic carbocycles. The highest BCUT2D eigenvalue weighted by molar-refractivity contribution is 7.59. The molecule has 0 heterocycles. The lowest BCUT2D eigenvalue weighted by atomic mass is 10.2. The van der Waals surface area contributed by atoms with Gasteiger partial charge in [-0.05, 0) is 5.92 Å². The van der Waals surface area contributed by atoms with Crippen LogP contribution < -0.4 is 0 Å². The lowest BCUT2D eigenvalue weighted by Crippen LogP contribution is -2.04. The first-order valence-electron chi connectivity index (χ1n) is 4.53. The molecule has 104 valence electrons. The van der Waals surface area contributed by atoms with Crippen molar-refractivity contribution in [3.8, 4) is 11.6 Å². The first-order valence-corrected chi connectivity index (χ1v) is 6.08. The highest BCUT2D eigenvalue weighted by Gasteiger charge is 2.25. The molecule has 0 amide bonds. The molecule has 0 bridgehead atoms. The van der Waals surface area contributed by atoms with Crippen molar-refractivity contribution in [2.24, 2.45) is 0 Å². The largest absolute Gasteiger partial charge is 0.405 e. The predicted molar refractivity (Wildman–Crippen MR) is 54.7 cm³/mol. The van der Waals surface area contributed by atoms with Crippen molar-refractivity contribution in [2.75, 3.05) is 14.2 Å². The van der Waals surface area contributed by atoms with Gasteiger partial charge in [-0.1, -0.05) is 0 Å². The maximum Gasteiger partial charge on any atom is 0.405 e. The molecule has 1 aromatic rings. The zero-order valence-electron chi connectivity index (χ0n) is 9.56. The van der Waals surface area contributed by atoms with E-state index in [1.165, 1.54) is 0 Å². The van der Waals surface area contributed by atoms with E-state index in [2.05, 4.69) is 9.05 Å². The topological polar surface area (TPSA) is 35.5 Å². The molecule has 0 atom stereocenters. The highest BCUT2D eigenvalue weighted by Crippen LogP contribution is 2.45. The minimum atomic E-state index is -3.96. The fourth-order valence-electron chi connectivity index (χ4n) is 1.00. The Labute approximate surface area is 104 Å². The third-order valence-corrected chi connectivity index (χ3v) is 3.36. The van der Waals surface area contributed by atoms with Crippen LogP contribution in [0.4, 0.5) is 22.0 Å². The van der Waals surface area contributed by atoms with Crippen LogP contribution in [0.2, 0.25) is 0 Å². The van der Waals surface area contributed by atoms with E-state index >= 15 is 0 Å². The molecule has 9 heteroatoms. The van der Waals surface area contributed by atoms with E-state index in [0.29, 0.717) is 0 Å². The van der Waals surface area contributed by atoms with Crippen molar-refractivity contribution in [2.45, 2.75) is 0 Å². The van der Waals surface area contributed by atoms with Gasteiger partial charge in [-0.3, -0.25) is 0 Å². The van der Waals surface area contributed by atoms with Gasteiger partial charge in [0.1, 0.15) is 5.56 Å². The van der Waals surface area contributed by atoms with E-state index < -0.39 is 42.2 Å². The SMILES string of the molecule is COP(=O)(C#Cc1c(F)c(F)c(F)c(F)c1F)OC. The van der Waals surface area contributed by atoms with E-state index in [-0.39, 0.29) is 0 Å². The fourth-order valence-corrected chi connectivity index (χ4v) is 1.59. The van der Waals surface area contributed by atoms with Gasteiger partial charge < -0.3 is 9.05 Å². The van der Waals surface area contributed by atoms with Crippen LogP contribution in [0.1, 0.15) is 5.56 Å². The maximum absolute atomic E-state index is 13.2. The zero-order valence-corrected chi connectivity index (χ0v) is 10.5. The monoisotopic (exact) mass is 300 g/mol. The summed E-state index contributed by atoms with van der Waals surface area (Å²) in [6, 6.07) is 0. The summed E-state index contributed by atoms with van der Waals surface area (Å²) in [7, 11) is -2.08. The molecule has 0 spiro atoms. The molecule has 0 aromatic heterocycles. The van der Waals surface area contributed by atoms with Crippen LogP contribution in [0.5, 0.6) is 0 Å². The molecule has 0 fully saturated rings. The number of hydrogen-bond donors (Lipinski definition) is 0. The normalized spacial score (nSPS) is 11.1. The summed E-state index contributed by atoms with van der Waals surface area (Å²) in [5.74, 6) is -9.27. The van der Waals surface area contributed by atoms with Crippen molar-refractivity contribution in [1.82, 2.24) is 0 Å². The van der Waals surface area contributed by atoms with Crippen molar-refractivity contribution in [3.63, 3.8) is 0 Å². The minimum absolute atomic E-state index is 0.942. The molecule has 1 rings (SSSR count).